The second-order valence-electron chi connectivity index (χ2n) is 4.33. The summed E-state index contributed by atoms with van der Waals surface area (Å²) in [6, 6.07) is 12.6. The normalized spacial score (nSPS) is 12.9. The van der Waals surface area contributed by atoms with E-state index in [9.17, 15) is 5.26 Å². The molecule has 1 heterocycles. The fraction of sp³-hybridized carbons (Fsp3) is 0. The number of aromatic nitrogens is 2. The molecule has 98 valence electrons. The number of hydrogen-bond acceptors (Lipinski definition) is 5. The Balaban J connectivity index is 2.50. The molecule has 0 aliphatic heterocycles. The Kier molecular flexibility index (Phi) is 2.86. The Morgan fingerprint density at radius 1 is 0.955 bits per heavy atom. The molecule has 1 aliphatic carbocycles. The molecule has 1 aromatic heterocycles. The monoisotopic (exact) mass is 280 g/mol. The first-order valence-electron chi connectivity index (χ1n) is 6.09. The highest BCUT2D eigenvalue weighted by atomic mass is 14.9. The van der Waals surface area contributed by atoms with E-state index in [0.29, 0.717) is 28.1 Å². The van der Waals surface area contributed by atoms with Crippen LogP contribution >= 0.6 is 0 Å². The lowest BCUT2D eigenvalue weighted by atomic mass is 10.0. The molecule has 22 heavy (non-hydrogen) atoms. The largest absolute Gasteiger partial charge is 0.271 e. The van der Waals surface area contributed by atoms with Crippen LogP contribution in [-0.2, 0) is 0 Å². The number of allylic oxidation sites excluding steroid dienone is 1. The highest BCUT2D eigenvalue weighted by molar-refractivity contribution is 6.01. The molecule has 0 saturated carbocycles. The van der Waals surface area contributed by atoms with Crippen molar-refractivity contribution in [2.24, 2.45) is 0 Å². The van der Waals surface area contributed by atoms with E-state index in [4.69, 9.17) is 17.1 Å². The van der Waals surface area contributed by atoms with Crippen molar-refractivity contribution >= 4 is 5.57 Å². The summed E-state index contributed by atoms with van der Waals surface area (Å²) < 4.78 is 0. The van der Waals surface area contributed by atoms with Crippen LogP contribution in [0.3, 0.4) is 0 Å². The molecule has 0 N–H and O–H groups in total. The molecule has 1 aliphatic rings. The standard InChI is InChI=1S/C16H4N6/c1-20-13(8-19)14-9-4-2-3-5-10(9)15-16(14)22-12(7-18)11(6-17)21-15/h2-5H/b14-13+. The van der Waals surface area contributed by atoms with Crippen LogP contribution in [-0.4, -0.2) is 9.97 Å². The Morgan fingerprint density at radius 3 is 2.09 bits per heavy atom. The molecule has 3 rings (SSSR count). The average molecular weight is 280 g/mol. The molecule has 2 aromatic rings. The topological polar surface area (TPSA) is 102 Å². The lowest BCUT2D eigenvalue weighted by Gasteiger charge is -2.02. The number of hydrogen-bond donors (Lipinski definition) is 0. The average Bonchev–Trinajstić information content (AvgIpc) is 2.89. The predicted molar refractivity (Wildman–Crippen MR) is 75.1 cm³/mol. The van der Waals surface area contributed by atoms with Gasteiger partial charge in [-0.3, -0.25) is 0 Å². The fourth-order valence-electron chi connectivity index (χ4n) is 2.37. The van der Waals surface area contributed by atoms with Gasteiger partial charge in [0, 0.05) is 11.1 Å². The zero-order valence-corrected chi connectivity index (χ0v) is 11.0. The maximum absolute atomic E-state index is 9.18. The third-order valence-electron chi connectivity index (χ3n) is 3.25. The number of fused-ring (bicyclic) bond motifs is 3. The van der Waals surface area contributed by atoms with Crippen molar-refractivity contribution in [3.05, 3.63) is 64.0 Å². The van der Waals surface area contributed by atoms with E-state index < -0.39 is 0 Å². The maximum Gasteiger partial charge on any atom is 0.271 e. The van der Waals surface area contributed by atoms with E-state index in [1.54, 1.807) is 24.3 Å². The van der Waals surface area contributed by atoms with Crippen LogP contribution in [0.5, 0.6) is 0 Å². The second kappa shape index (κ2) is 4.84. The van der Waals surface area contributed by atoms with Gasteiger partial charge in [0.15, 0.2) is 11.4 Å². The van der Waals surface area contributed by atoms with Crippen LogP contribution in [0.2, 0.25) is 0 Å². The molecule has 0 amide bonds. The van der Waals surface area contributed by atoms with E-state index in [1.807, 2.05) is 18.2 Å². The Bertz CT molecular complexity index is 1000. The molecular weight excluding hydrogens is 276 g/mol. The first-order chi connectivity index (χ1) is 10.7. The number of nitrogens with zero attached hydrogens (tertiary/aromatic N) is 6. The molecule has 0 spiro atoms. The van der Waals surface area contributed by atoms with Crippen molar-refractivity contribution in [2.75, 3.05) is 0 Å². The molecule has 0 unspecified atom stereocenters. The number of rotatable bonds is 0. The van der Waals surface area contributed by atoms with Crippen molar-refractivity contribution in [3.8, 4) is 29.5 Å². The van der Waals surface area contributed by atoms with Crippen molar-refractivity contribution < 1.29 is 0 Å². The smallest absolute Gasteiger partial charge is 0.233 e. The van der Waals surface area contributed by atoms with E-state index in [2.05, 4.69) is 14.8 Å². The zero-order chi connectivity index (χ0) is 15.7. The Morgan fingerprint density at radius 2 is 1.55 bits per heavy atom. The quantitative estimate of drug-likeness (QED) is 0.464. The van der Waals surface area contributed by atoms with Crippen LogP contribution < -0.4 is 0 Å². The molecule has 0 fully saturated rings. The molecular formula is C16H4N6. The van der Waals surface area contributed by atoms with Gasteiger partial charge in [-0.15, -0.1) is 0 Å². The van der Waals surface area contributed by atoms with Crippen LogP contribution in [0.1, 0.15) is 22.6 Å². The van der Waals surface area contributed by atoms with Gasteiger partial charge in [0.2, 0.25) is 0 Å². The summed E-state index contributed by atoms with van der Waals surface area (Å²) in [4.78, 5) is 11.6. The van der Waals surface area contributed by atoms with Gasteiger partial charge in [0.1, 0.15) is 12.1 Å². The molecule has 1 aromatic carbocycles. The number of benzene rings is 1. The summed E-state index contributed by atoms with van der Waals surface area (Å²) in [6.45, 7) is 7.16. The van der Waals surface area contributed by atoms with Crippen LogP contribution in [0, 0.1) is 40.6 Å². The van der Waals surface area contributed by atoms with Gasteiger partial charge >= 0.3 is 0 Å². The summed E-state index contributed by atoms with van der Waals surface area (Å²) in [7, 11) is 0. The minimum atomic E-state index is -0.117. The second-order valence-corrected chi connectivity index (χ2v) is 4.33. The summed E-state index contributed by atoms with van der Waals surface area (Å²) in [5.41, 5.74) is 2.11. The third-order valence-corrected chi connectivity index (χ3v) is 3.25. The Hall–Kier alpha value is -4.00. The first-order valence-corrected chi connectivity index (χ1v) is 6.09. The van der Waals surface area contributed by atoms with Gasteiger partial charge in [-0.25, -0.2) is 20.1 Å². The summed E-state index contributed by atoms with van der Waals surface area (Å²) in [5, 5.41) is 27.3. The first kappa shape index (κ1) is 13.0. The minimum Gasteiger partial charge on any atom is -0.233 e. The molecule has 0 atom stereocenters. The van der Waals surface area contributed by atoms with E-state index in [-0.39, 0.29) is 17.1 Å². The van der Waals surface area contributed by atoms with Crippen LogP contribution in [0.25, 0.3) is 21.7 Å². The van der Waals surface area contributed by atoms with Gasteiger partial charge in [-0.1, -0.05) is 24.3 Å². The molecule has 0 bridgehead atoms. The maximum atomic E-state index is 9.18. The predicted octanol–water partition coefficient (Wildman–Crippen LogP) is 2.40. The summed E-state index contributed by atoms with van der Waals surface area (Å²) in [5.74, 6) is 0. The van der Waals surface area contributed by atoms with Crippen molar-refractivity contribution in [2.45, 2.75) is 0 Å². The number of nitriles is 3. The SMILES string of the molecule is [C-]#[N+]/C(C#N)=C1\c2ccccc2-c2nc(C#N)c(C#N)nc21. The fourth-order valence-corrected chi connectivity index (χ4v) is 2.37. The zero-order valence-electron chi connectivity index (χ0n) is 11.0. The van der Waals surface area contributed by atoms with E-state index in [1.165, 1.54) is 0 Å². The van der Waals surface area contributed by atoms with E-state index in [0.717, 1.165) is 0 Å². The van der Waals surface area contributed by atoms with Crippen LogP contribution in [0.4, 0.5) is 0 Å². The van der Waals surface area contributed by atoms with Crippen LogP contribution in [0.15, 0.2) is 30.0 Å². The van der Waals surface area contributed by atoms with E-state index >= 15 is 0 Å². The Labute approximate surface area is 125 Å². The summed E-state index contributed by atoms with van der Waals surface area (Å²) in [6.07, 6.45) is 0. The highest BCUT2D eigenvalue weighted by Crippen LogP contribution is 2.43. The van der Waals surface area contributed by atoms with Gasteiger partial charge in [-0.05, 0) is 5.56 Å². The van der Waals surface area contributed by atoms with Gasteiger partial charge in [0.05, 0.1) is 24.0 Å². The van der Waals surface area contributed by atoms with Gasteiger partial charge in [-0.2, -0.15) is 10.5 Å². The van der Waals surface area contributed by atoms with Crippen molar-refractivity contribution in [1.29, 1.82) is 15.8 Å². The third kappa shape index (κ3) is 1.63. The lowest BCUT2D eigenvalue weighted by Crippen LogP contribution is -2.00. The highest BCUT2D eigenvalue weighted by Gasteiger charge is 2.30. The van der Waals surface area contributed by atoms with Crippen molar-refractivity contribution in [1.82, 2.24) is 9.97 Å². The van der Waals surface area contributed by atoms with Crippen molar-refractivity contribution in [3.63, 3.8) is 0 Å². The molecule has 6 nitrogen and oxygen atoms in total. The minimum absolute atomic E-state index is 0.0707. The summed E-state index contributed by atoms with van der Waals surface area (Å²) >= 11 is 0. The van der Waals surface area contributed by atoms with Gasteiger partial charge < -0.3 is 0 Å². The molecule has 6 heteroatoms. The molecule has 0 radical (unpaired) electrons. The molecule has 0 saturated heterocycles. The van der Waals surface area contributed by atoms with Gasteiger partial charge in [0.25, 0.3) is 5.70 Å². The lowest BCUT2D eigenvalue weighted by molar-refractivity contribution is 1.12.